The lowest BCUT2D eigenvalue weighted by Crippen LogP contribution is -2.55. The number of esters is 1. The maximum atomic E-state index is 12.4. The maximum absolute atomic E-state index is 12.4. The number of carbonyl (C=O) groups is 3. The molecule has 30 heavy (non-hydrogen) atoms. The third-order valence-electron chi connectivity index (χ3n) is 9.15. The first-order chi connectivity index (χ1) is 14.1. The fourth-order valence-electron chi connectivity index (χ4n) is 7.45. The molecule has 0 aromatic rings. The van der Waals surface area contributed by atoms with Crippen molar-refractivity contribution in [1.82, 2.24) is 0 Å². The number of aliphatic carboxylic acids is 1. The number of fused-ring (bicyclic) bond motifs is 5. The van der Waals surface area contributed by atoms with Crippen LogP contribution in [0, 0.1) is 40.9 Å². The summed E-state index contributed by atoms with van der Waals surface area (Å²) in [5.74, 6) is 3.05. The van der Waals surface area contributed by atoms with Crippen LogP contribution in [-0.2, 0) is 19.1 Å². The van der Waals surface area contributed by atoms with Crippen LogP contribution in [0.5, 0.6) is 0 Å². The van der Waals surface area contributed by atoms with E-state index in [-0.39, 0.29) is 29.5 Å². The Balaban J connectivity index is 1.58. The molecule has 0 aliphatic heterocycles. The fraction of sp³-hybridized carbons (Fsp3) is 0.720. The molecule has 5 heteroatoms. The van der Waals surface area contributed by atoms with E-state index in [1.165, 1.54) is 5.57 Å². The van der Waals surface area contributed by atoms with Crippen LogP contribution < -0.4 is 0 Å². The molecule has 4 aliphatic rings. The number of terminal acetylenes is 1. The monoisotopic (exact) mass is 412 g/mol. The largest absolute Gasteiger partial charge is 0.481 e. The minimum atomic E-state index is -1.01. The standard InChI is InChI=1S/C25H32O5/c1-4-25(30-22(29)8-7-21(27)28)14-11-20-18-6-5-16-15-17(26)9-12-23(16,2)19(18)10-13-24(20,25)3/h1,15,18-20H,5-14H2,2-3H3,(H,27,28). The van der Waals surface area contributed by atoms with Crippen molar-refractivity contribution in [3.63, 3.8) is 0 Å². The Hall–Kier alpha value is -2.09. The van der Waals surface area contributed by atoms with Crippen molar-refractivity contribution in [1.29, 1.82) is 0 Å². The van der Waals surface area contributed by atoms with Crippen LogP contribution in [-0.4, -0.2) is 28.4 Å². The second kappa shape index (κ2) is 7.25. The van der Waals surface area contributed by atoms with E-state index in [9.17, 15) is 14.4 Å². The summed E-state index contributed by atoms with van der Waals surface area (Å²) in [6.07, 6.45) is 14.6. The molecule has 0 radical (unpaired) electrons. The Kier molecular flexibility index (Phi) is 5.11. The van der Waals surface area contributed by atoms with E-state index in [2.05, 4.69) is 19.8 Å². The lowest BCUT2D eigenvalue weighted by molar-refractivity contribution is -0.172. The smallest absolute Gasteiger partial charge is 0.307 e. The average molecular weight is 413 g/mol. The number of hydrogen-bond donors (Lipinski definition) is 1. The maximum Gasteiger partial charge on any atom is 0.307 e. The quantitative estimate of drug-likeness (QED) is 0.550. The highest BCUT2D eigenvalue weighted by Crippen LogP contribution is 2.68. The van der Waals surface area contributed by atoms with E-state index in [0.717, 1.165) is 38.5 Å². The Bertz CT molecular complexity index is 850. The Labute approximate surface area is 178 Å². The van der Waals surface area contributed by atoms with Crippen LogP contribution in [0.25, 0.3) is 0 Å². The molecule has 0 aromatic carbocycles. The van der Waals surface area contributed by atoms with Crippen molar-refractivity contribution in [2.24, 2.45) is 28.6 Å². The van der Waals surface area contributed by atoms with Gasteiger partial charge in [0.25, 0.3) is 0 Å². The van der Waals surface area contributed by atoms with Gasteiger partial charge in [-0.2, -0.15) is 0 Å². The number of ketones is 1. The van der Waals surface area contributed by atoms with Crippen LogP contribution >= 0.6 is 0 Å². The highest BCUT2D eigenvalue weighted by molar-refractivity contribution is 5.91. The lowest BCUT2D eigenvalue weighted by Gasteiger charge is -2.58. The van der Waals surface area contributed by atoms with Gasteiger partial charge in [0.1, 0.15) is 0 Å². The molecule has 0 aromatic heterocycles. The van der Waals surface area contributed by atoms with Gasteiger partial charge in [0.2, 0.25) is 0 Å². The minimum absolute atomic E-state index is 0.0950. The van der Waals surface area contributed by atoms with Crippen molar-refractivity contribution in [2.75, 3.05) is 0 Å². The van der Waals surface area contributed by atoms with Gasteiger partial charge in [0, 0.05) is 11.8 Å². The fourth-order valence-corrected chi connectivity index (χ4v) is 7.45. The molecule has 162 valence electrons. The number of carboxylic acid groups (broad SMARTS) is 1. The van der Waals surface area contributed by atoms with Gasteiger partial charge in [-0.3, -0.25) is 14.4 Å². The molecule has 0 heterocycles. The van der Waals surface area contributed by atoms with Gasteiger partial charge in [-0.1, -0.05) is 25.3 Å². The van der Waals surface area contributed by atoms with Gasteiger partial charge in [-0.15, -0.1) is 6.42 Å². The van der Waals surface area contributed by atoms with Crippen molar-refractivity contribution in [2.45, 2.75) is 83.7 Å². The Morgan fingerprint density at radius 3 is 2.57 bits per heavy atom. The summed E-state index contributed by atoms with van der Waals surface area (Å²) >= 11 is 0. The predicted molar refractivity (Wildman–Crippen MR) is 111 cm³/mol. The number of carbonyl (C=O) groups excluding carboxylic acids is 2. The lowest BCUT2D eigenvalue weighted by atomic mass is 9.46. The molecule has 0 saturated heterocycles. The highest BCUT2D eigenvalue weighted by Gasteiger charge is 2.65. The van der Waals surface area contributed by atoms with Crippen LogP contribution in [0.15, 0.2) is 11.6 Å². The van der Waals surface area contributed by atoms with Crippen molar-refractivity contribution in [3.05, 3.63) is 11.6 Å². The van der Waals surface area contributed by atoms with E-state index in [4.69, 9.17) is 16.3 Å². The predicted octanol–water partition coefficient (Wildman–Crippen LogP) is 4.30. The van der Waals surface area contributed by atoms with Gasteiger partial charge in [-0.25, -0.2) is 0 Å². The molecule has 0 spiro atoms. The first-order valence-electron chi connectivity index (χ1n) is 11.3. The number of ether oxygens (including phenoxy) is 1. The Morgan fingerprint density at radius 1 is 1.13 bits per heavy atom. The van der Waals surface area contributed by atoms with Crippen LogP contribution in [0.1, 0.15) is 78.1 Å². The summed E-state index contributed by atoms with van der Waals surface area (Å²) in [6.45, 7) is 4.53. The zero-order valence-electron chi connectivity index (χ0n) is 18.0. The Morgan fingerprint density at radius 2 is 1.87 bits per heavy atom. The summed E-state index contributed by atoms with van der Waals surface area (Å²) in [7, 11) is 0. The molecule has 3 fully saturated rings. The normalized spacial score (nSPS) is 42.2. The van der Waals surface area contributed by atoms with E-state index in [0.29, 0.717) is 30.6 Å². The number of carboxylic acids is 1. The first kappa shape index (κ1) is 21.2. The minimum Gasteiger partial charge on any atom is -0.481 e. The second-order valence-corrected chi connectivity index (χ2v) is 10.3. The summed E-state index contributed by atoms with van der Waals surface area (Å²) in [4.78, 5) is 35.2. The van der Waals surface area contributed by atoms with Gasteiger partial charge in [0.15, 0.2) is 11.4 Å². The van der Waals surface area contributed by atoms with E-state index in [1.54, 1.807) is 0 Å². The van der Waals surface area contributed by atoms with Crippen LogP contribution in [0.2, 0.25) is 0 Å². The molecule has 0 amide bonds. The molecule has 1 N–H and O–H groups in total. The summed E-state index contributed by atoms with van der Waals surface area (Å²) in [6, 6.07) is 0. The second-order valence-electron chi connectivity index (χ2n) is 10.3. The molecule has 5 nitrogen and oxygen atoms in total. The summed E-state index contributed by atoms with van der Waals surface area (Å²) in [5.41, 5.74) is 0.198. The topological polar surface area (TPSA) is 80.7 Å². The molecule has 4 rings (SSSR count). The SMILES string of the molecule is C#CC1(OC(=O)CCC(=O)O)CCC2C3CCC4=CC(=O)CCC4(C)C3CCC21C. The van der Waals surface area contributed by atoms with E-state index >= 15 is 0 Å². The first-order valence-corrected chi connectivity index (χ1v) is 11.3. The van der Waals surface area contributed by atoms with Crippen molar-refractivity contribution >= 4 is 17.7 Å². The number of hydrogen-bond acceptors (Lipinski definition) is 4. The molecule has 6 atom stereocenters. The van der Waals surface area contributed by atoms with E-state index < -0.39 is 17.5 Å². The molecule has 3 saturated carbocycles. The van der Waals surface area contributed by atoms with Crippen molar-refractivity contribution < 1.29 is 24.2 Å². The summed E-state index contributed by atoms with van der Waals surface area (Å²) < 4.78 is 5.90. The average Bonchev–Trinajstić information content (AvgIpc) is 2.99. The van der Waals surface area contributed by atoms with Gasteiger partial charge < -0.3 is 9.84 Å². The van der Waals surface area contributed by atoms with Crippen LogP contribution in [0.3, 0.4) is 0 Å². The van der Waals surface area contributed by atoms with Crippen LogP contribution in [0.4, 0.5) is 0 Å². The highest BCUT2D eigenvalue weighted by atomic mass is 16.6. The molecule has 0 bridgehead atoms. The zero-order chi connectivity index (χ0) is 21.7. The molecule has 4 aliphatic carbocycles. The number of rotatable bonds is 4. The number of allylic oxidation sites excluding steroid dienone is 1. The summed E-state index contributed by atoms with van der Waals surface area (Å²) in [5, 5.41) is 8.87. The third kappa shape index (κ3) is 3.02. The molecular weight excluding hydrogens is 380 g/mol. The molecular formula is C25H32O5. The van der Waals surface area contributed by atoms with Gasteiger partial charge in [-0.05, 0) is 74.2 Å². The molecule has 6 unspecified atom stereocenters. The van der Waals surface area contributed by atoms with Crippen molar-refractivity contribution in [3.8, 4) is 12.3 Å². The third-order valence-corrected chi connectivity index (χ3v) is 9.15. The zero-order valence-corrected chi connectivity index (χ0v) is 18.0. The van der Waals surface area contributed by atoms with Gasteiger partial charge in [0.05, 0.1) is 12.8 Å². The van der Waals surface area contributed by atoms with E-state index in [1.807, 2.05) is 6.08 Å². The van der Waals surface area contributed by atoms with Gasteiger partial charge >= 0.3 is 11.9 Å².